The molecule has 0 spiro atoms. The van der Waals surface area contributed by atoms with E-state index < -0.39 is 0 Å². The van der Waals surface area contributed by atoms with Crippen molar-refractivity contribution in [3.05, 3.63) is 10.3 Å². The van der Waals surface area contributed by atoms with Crippen molar-refractivity contribution in [3.8, 4) is 0 Å². The van der Waals surface area contributed by atoms with Gasteiger partial charge in [-0.3, -0.25) is 4.79 Å². The molecule has 0 aromatic carbocycles. The zero-order valence-corrected chi connectivity index (χ0v) is 11.0. The molecule has 0 unspecified atom stereocenters. The number of carbonyl (C=O) groups is 1. The van der Waals surface area contributed by atoms with Crippen molar-refractivity contribution >= 4 is 21.7 Å². The lowest BCUT2D eigenvalue weighted by Gasteiger charge is -2.12. The highest BCUT2D eigenvalue weighted by molar-refractivity contribution is 9.10. The van der Waals surface area contributed by atoms with Crippen LogP contribution in [0.5, 0.6) is 0 Å². The number of aryl methyl sites for hydroxylation is 1. The smallest absolute Gasteiger partial charge is 0.186 e. The summed E-state index contributed by atoms with van der Waals surface area (Å²) in [5.74, 6) is 0.359. The number of nitrogens with zero attached hydrogens (tertiary/aromatic N) is 3. The second kappa shape index (κ2) is 5.08. The Hall–Kier alpha value is -0.710. The van der Waals surface area contributed by atoms with Gasteiger partial charge in [0.25, 0.3) is 0 Å². The van der Waals surface area contributed by atoms with Gasteiger partial charge >= 0.3 is 0 Å². The van der Waals surface area contributed by atoms with E-state index in [1.54, 1.807) is 11.7 Å². The maximum Gasteiger partial charge on any atom is 0.186 e. The van der Waals surface area contributed by atoms with E-state index in [9.17, 15) is 4.79 Å². The Labute approximate surface area is 104 Å². The number of halogens is 1. The first-order valence-corrected chi connectivity index (χ1v) is 6.59. The van der Waals surface area contributed by atoms with Gasteiger partial charge in [0.15, 0.2) is 10.4 Å². The molecule has 2 rings (SSSR count). The molecule has 0 amide bonds. The van der Waals surface area contributed by atoms with Crippen LogP contribution in [-0.2, 0) is 7.05 Å². The number of hydrogen-bond acceptors (Lipinski definition) is 3. The van der Waals surface area contributed by atoms with Gasteiger partial charge in [0, 0.05) is 13.0 Å². The van der Waals surface area contributed by atoms with Crippen molar-refractivity contribution in [1.82, 2.24) is 15.0 Å². The lowest BCUT2D eigenvalue weighted by atomic mass is 9.94. The van der Waals surface area contributed by atoms with E-state index in [0.29, 0.717) is 10.3 Å². The molecule has 1 saturated carbocycles. The maximum atomic E-state index is 12.3. The number of ketones is 1. The molecule has 1 aromatic heterocycles. The normalized spacial score (nSPS) is 18.4. The summed E-state index contributed by atoms with van der Waals surface area (Å²) in [6, 6.07) is 0. The molecule has 1 aliphatic carbocycles. The second-order valence-corrected chi connectivity index (χ2v) is 5.16. The van der Waals surface area contributed by atoms with Crippen LogP contribution < -0.4 is 0 Å². The van der Waals surface area contributed by atoms with E-state index in [0.717, 1.165) is 12.8 Å². The molecule has 0 saturated heterocycles. The fourth-order valence-corrected chi connectivity index (χ4v) is 2.85. The minimum absolute atomic E-state index is 0.163. The molecule has 88 valence electrons. The summed E-state index contributed by atoms with van der Waals surface area (Å²) >= 11 is 3.29. The summed E-state index contributed by atoms with van der Waals surface area (Å²) in [6.07, 6.45) is 6.87. The predicted octanol–water partition coefficient (Wildman–Crippen LogP) is 2.73. The summed E-state index contributed by atoms with van der Waals surface area (Å²) in [6.45, 7) is 0. The third kappa shape index (κ3) is 2.34. The van der Waals surface area contributed by atoms with Gasteiger partial charge in [-0.1, -0.05) is 30.9 Å². The third-order valence-corrected chi connectivity index (χ3v) is 3.78. The number of Topliss-reactive ketones (excluding diaryl/α,β-unsaturated/α-hetero) is 1. The van der Waals surface area contributed by atoms with Crippen LogP contribution in [0.3, 0.4) is 0 Å². The topological polar surface area (TPSA) is 47.8 Å². The molecule has 4 nitrogen and oxygen atoms in total. The first-order chi connectivity index (χ1) is 7.70. The molecule has 0 atom stereocenters. The fraction of sp³-hybridized carbons (Fsp3) is 0.727. The highest BCUT2D eigenvalue weighted by Crippen LogP contribution is 2.27. The van der Waals surface area contributed by atoms with Crippen LogP contribution in [0.4, 0.5) is 0 Å². The highest BCUT2D eigenvalue weighted by atomic mass is 79.9. The van der Waals surface area contributed by atoms with E-state index in [1.807, 2.05) is 0 Å². The number of carbonyl (C=O) groups excluding carboxylic acids is 1. The van der Waals surface area contributed by atoms with Crippen molar-refractivity contribution in [2.45, 2.75) is 38.5 Å². The summed E-state index contributed by atoms with van der Waals surface area (Å²) in [4.78, 5) is 12.3. The largest absolute Gasteiger partial charge is 0.292 e. The maximum absolute atomic E-state index is 12.3. The summed E-state index contributed by atoms with van der Waals surface area (Å²) < 4.78 is 2.14. The average Bonchev–Trinajstić information content (AvgIpc) is 2.51. The third-order valence-electron chi connectivity index (χ3n) is 3.25. The molecule has 1 fully saturated rings. The highest BCUT2D eigenvalue weighted by Gasteiger charge is 2.26. The van der Waals surface area contributed by atoms with E-state index in [1.165, 1.54) is 25.7 Å². The molecule has 1 aliphatic rings. The Bertz CT molecular complexity index is 361. The number of aromatic nitrogens is 3. The first-order valence-electron chi connectivity index (χ1n) is 5.79. The van der Waals surface area contributed by atoms with Gasteiger partial charge in [0.2, 0.25) is 0 Å². The van der Waals surface area contributed by atoms with Crippen LogP contribution in [0.15, 0.2) is 4.60 Å². The Kier molecular flexibility index (Phi) is 3.74. The number of rotatable bonds is 2. The summed E-state index contributed by atoms with van der Waals surface area (Å²) in [5, 5.41) is 7.72. The minimum Gasteiger partial charge on any atom is -0.292 e. The molecule has 16 heavy (non-hydrogen) atoms. The van der Waals surface area contributed by atoms with E-state index in [-0.39, 0.29) is 11.7 Å². The van der Waals surface area contributed by atoms with Gasteiger partial charge in [0.1, 0.15) is 5.69 Å². The van der Waals surface area contributed by atoms with Gasteiger partial charge in [-0.05, 0) is 28.8 Å². The lowest BCUT2D eigenvalue weighted by molar-refractivity contribution is 0.0897. The molecular formula is C11H16BrN3O. The number of hydrogen-bond donors (Lipinski definition) is 0. The predicted molar refractivity (Wildman–Crippen MR) is 64.2 cm³/mol. The monoisotopic (exact) mass is 285 g/mol. The zero-order valence-electron chi connectivity index (χ0n) is 9.45. The van der Waals surface area contributed by atoms with Crippen LogP contribution in [0, 0.1) is 5.92 Å². The van der Waals surface area contributed by atoms with Crippen LogP contribution in [0.1, 0.15) is 49.0 Å². The van der Waals surface area contributed by atoms with E-state index >= 15 is 0 Å². The Balaban J connectivity index is 2.17. The van der Waals surface area contributed by atoms with Crippen molar-refractivity contribution < 1.29 is 4.79 Å². The van der Waals surface area contributed by atoms with Gasteiger partial charge in [-0.15, -0.1) is 5.10 Å². The van der Waals surface area contributed by atoms with Gasteiger partial charge in [0.05, 0.1) is 0 Å². The van der Waals surface area contributed by atoms with Crippen LogP contribution in [0.25, 0.3) is 0 Å². The zero-order chi connectivity index (χ0) is 11.5. The second-order valence-electron chi connectivity index (χ2n) is 4.41. The van der Waals surface area contributed by atoms with Crippen molar-refractivity contribution in [3.63, 3.8) is 0 Å². The summed E-state index contributed by atoms with van der Waals surface area (Å²) in [7, 11) is 1.77. The summed E-state index contributed by atoms with van der Waals surface area (Å²) in [5.41, 5.74) is 0.617. The Morgan fingerprint density at radius 2 is 1.94 bits per heavy atom. The standard InChI is InChI=1S/C11H16BrN3O/c1-15-9(11(12)13-14-15)10(16)8-6-4-2-3-5-7-8/h8H,2-7H2,1H3. The Morgan fingerprint density at radius 3 is 2.44 bits per heavy atom. The molecular weight excluding hydrogens is 270 g/mol. The minimum atomic E-state index is 0.163. The quantitative estimate of drug-likeness (QED) is 0.620. The van der Waals surface area contributed by atoms with Crippen LogP contribution in [0.2, 0.25) is 0 Å². The van der Waals surface area contributed by atoms with Crippen LogP contribution in [-0.4, -0.2) is 20.8 Å². The molecule has 0 aliphatic heterocycles. The van der Waals surface area contributed by atoms with Gasteiger partial charge < -0.3 is 0 Å². The molecule has 1 heterocycles. The molecule has 0 radical (unpaired) electrons. The first kappa shape index (κ1) is 11.8. The van der Waals surface area contributed by atoms with E-state index in [2.05, 4.69) is 26.2 Å². The SMILES string of the molecule is Cn1nnc(Br)c1C(=O)C1CCCCCC1. The van der Waals surface area contributed by atoms with Crippen molar-refractivity contribution in [2.24, 2.45) is 13.0 Å². The average molecular weight is 286 g/mol. The van der Waals surface area contributed by atoms with Crippen LogP contribution >= 0.6 is 15.9 Å². The van der Waals surface area contributed by atoms with Crippen molar-refractivity contribution in [1.29, 1.82) is 0 Å². The van der Waals surface area contributed by atoms with E-state index in [4.69, 9.17) is 0 Å². The molecule has 1 aromatic rings. The molecule has 0 bridgehead atoms. The van der Waals surface area contributed by atoms with Crippen molar-refractivity contribution in [2.75, 3.05) is 0 Å². The molecule has 5 heteroatoms. The molecule has 0 N–H and O–H groups in total. The fourth-order valence-electron chi connectivity index (χ4n) is 2.33. The van der Waals surface area contributed by atoms with Gasteiger partial charge in [-0.2, -0.15) is 0 Å². The Morgan fingerprint density at radius 1 is 1.31 bits per heavy atom. The lowest BCUT2D eigenvalue weighted by Crippen LogP contribution is -2.18. The van der Waals surface area contributed by atoms with Gasteiger partial charge in [-0.25, -0.2) is 4.68 Å².